The van der Waals surface area contributed by atoms with E-state index in [-0.39, 0.29) is 16.6 Å². The van der Waals surface area contributed by atoms with E-state index in [4.69, 9.17) is 4.74 Å². The molecule has 1 heterocycles. The highest BCUT2D eigenvalue weighted by atomic mass is 32.2. The first kappa shape index (κ1) is 22.3. The normalized spacial score (nSPS) is 15.6. The fourth-order valence-corrected chi connectivity index (χ4v) is 5.70. The van der Waals surface area contributed by atoms with E-state index in [1.165, 1.54) is 40.7 Å². The number of carbonyl (C=O) groups excluding carboxylic acids is 1. The fourth-order valence-electron chi connectivity index (χ4n) is 4.10. The minimum atomic E-state index is -3.76. The number of nitrogens with zero attached hydrogens (tertiary/aromatic N) is 2. The molecule has 3 aromatic rings. The van der Waals surface area contributed by atoms with Crippen molar-refractivity contribution in [2.45, 2.75) is 18.4 Å². The molecule has 4 rings (SSSR count). The van der Waals surface area contributed by atoms with E-state index >= 15 is 0 Å². The average Bonchev–Trinajstić information content (AvgIpc) is 2.79. The van der Waals surface area contributed by atoms with E-state index < -0.39 is 10.0 Å². The predicted molar refractivity (Wildman–Crippen MR) is 125 cm³/mol. The first-order valence-corrected chi connectivity index (χ1v) is 12.0. The SMILES string of the molecule is COc1ccc(NC(C)=O)cc1S(=O)(=O)N1CCN(Cc2cccc3ccccc23)CC1. The summed E-state index contributed by atoms with van der Waals surface area (Å²) in [4.78, 5) is 13.7. The lowest BCUT2D eigenvalue weighted by molar-refractivity contribution is -0.114. The number of fused-ring (bicyclic) bond motifs is 1. The number of hydrogen-bond donors (Lipinski definition) is 1. The maximum absolute atomic E-state index is 13.4. The maximum Gasteiger partial charge on any atom is 0.246 e. The van der Waals surface area contributed by atoms with Crippen LogP contribution >= 0.6 is 0 Å². The Hall–Kier alpha value is -2.94. The molecule has 168 valence electrons. The molecular weight excluding hydrogens is 426 g/mol. The van der Waals surface area contributed by atoms with Gasteiger partial charge in [-0.15, -0.1) is 0 Å². The molecule has 1 N–H and O–H groups in total. The van der Waals surface area contributed by atoms with Gasteiger partial charge in [0.1, 0.15) is 10.6 Å². The number of carbonyl (C=O) groups is 1. The number of piperazine rings is 1. The number of nitrogens with one attached hydrogen (secondary N) is 1. The molecule has 0 atom stereocenters. The largest absolute Gasteiger partial charge is 0.495 e. The van der Waals surface area contributed by atoms with Crippen molar-refractivity contribution in [2.75, 3.05) is 38.6 Å². The molecule has 1 amide bonds. The van der Waals surface area contributed by atoms with Gasteiger partial charge in [0.2, 0.25) is 15.9 Å². The van der Waals surface area contributed by atoms with Crippen LogP contribution in [0, 0.1) is 0 Å². The second kappa shape index (κ2) is 9.28. The number of sulfonamides is 1. The molecule has 1 fully saturated rings. The number of rotatable bonds is 6. The van der Waals surface area contributed by atoms with Crippen molar-refractivity contribution >= 4 is 32.4 Å². The minimum Gasteiger partial charge on any atom is -0.495 e. The van der Waals surface area contributed by atoms with E-state index in [1.54, 1.807) is 12.1 Å². The molecule has 0 aromatic heterocycles. The van der Waals surface area contributed by atoms with Gasteiger partial charge in [0.25, 0.3) is 0 Å². The summed E-state index contributed by atoms with van der Waals surface area (Å²) in [6, 6.07) is 19.2. The fraction of sp³-hybridized carbons (Fsp3) is 0.292. The third-order valence-electron chi connectivity index (χ3n) is 5.71. The summed E-state index contributed by atoms with van der Waals surface area (Å²) in [7, 11) is -2.32. The summed E-state index contributed by atoms with van der Waals surface area (Å²) in [5.41, 5.74) is 1.66. The van der Waals surface area contributed by atoms with Crippen molar-refractivity contribution in [1.29, 1.82) is 0 Å². The Kier molecular flexibility index (Phi) is 6.45. The van der Waals surface area contributed by atoms with Crippen LogP contribution in [0.2, 0.25) is 0 Å². The highest BCUT2D eigenvalue weighted by molar-refractivity contribution is 7.89. The van der Waals surface area contributed by atoms with E-state index in [0.29, 0.717) is 31.9 Å². The van der Waals surface area contributed by atoms with Gasteiger partial charge in [-0.1, -0.05) is 42.5 Å². The zero-order chi connectivity index (χ0) is 22.7. The molecule has 1 saturated heterocycles. The Morgan fingerprint density at radius 3 is 2.44 bits per heavy atom. The average molecular weight is 454 g/mol. The van der Waals surface area contributed by atoms with Crippen molar-refractivity contribution in [3.8, 4) is 5.75 Å². The van der Waals surface area contributed by atoms with Crippen LogP contribution in [0.3, 0.4) is 0 Å². The lowest BCUT2D eigenvalue weighted by atomic mass is 10.0. The third kappa shape index (κ3) is 4.62. The number of anilines is 1. The van der Waals surface area contributed by atoms with Gasteiger partial charge in [0, 0.05) is 45.3 Å². The van der Waals surface area contributed by atoms with Crippen LogP contribution in [0.1, 0.15) is 12.5 Å². The Morgan fingerprint density at radius 1 is 1.00 bits per heavy atom. The van der Waals surface area contributed by atoms with Gasteiger partial charge in [-0.3, -0.25) is 9.69 Å². The summed E-state index contributed by atoms with van der Waals surface area (Å²) in [6.07, 6.45) is 0. The topological polar surface area (TPSA) is 78.9 Å². The smallest absolute Gasteiger partial charge is 0.246 e. The van der Waals surface area contributed by atoms with Crippen LogP contribution in [-0.4, -0.2) is 56.8 Å². The molecular formula is C24H27N3O4S. The van der Waals surface area contributed by atoms with Gasteiger partial charge >= 0.3 is 0 Å². The van der Waals surface area contributed by atoms with Gasteiger partial charge in [-0.05, 0) is 34.5 Å². The maximum atomic E-state index is 13.4. The summed E-state index contributed by atoms with van der Waals surface area (Å²) < 4.78 is 33.5. The van der Waals surface area contributed by atoms with Crippen LogP contribution in [-0.2, 0) is 21.4 Å². The molecule has 0 spiro atoms. The van der Waals surface area contributed by atoms with Crippen molar-refractivity contribution in [3.63, 3.8) is 0 Å². The second-order valence-corrected chi connectivity index (χ2v) is 9.77. The summed E-state index contributed by atoms with van der Waals surface area (Å²) in [6.45, 7) is 4.21. The lowest BCUT2D eigenvalue weighted by Gasteiger charge is -2.34. The molecule has 3 aromatic carbocycles. The van der Waals surface area contributed by atoms with Gasteiger partial charge in [0.15, 0.2) is 0 Å². The highest BCUT2D eigenvalue weighted by Gasteiger charge is 2.31. The van der Waals surface area contributed by atoms with E-state index in [1.807, 2.05) is 12.1 Å². The number of benzene rings is 3. The van der Waals surface area contributed by atoms with E-state index in [0.717, 1.165) is 6.54 Å². The third-order valence-corrected chi connectivity index (χ3v) is 7.63. The van der Waals surface area contributed by atoms with E-state index in [9.17, 15) is 13.2 Å². The minimum absolute atomic E-state index is 0.0637. The van der Waals surface area contributed by atoms with Crippen molar-refractivity contribution in [3.05, 3.63) is 66.2 Å². The van der Waals surface area contributed by atoms with Gasteiger partial charge < -0.3 is 10.1 Å². The van der Waals surface area contributed by atoms with Crippen LogP contribution in [0.15, 0.2) is 65.6 Å². The molecule has 1 aliphatic rings. The van der Waals surface area contributed by atoms with Gasteiger partial charge in [-0.2, -0.15) is 4.31 Å². The Morgan fingerprint density at radius 2 is 1.72 bits per heavy atom. The summed E-state index contributed by atoms with van der Waals surface area (Å²) >= 11 is 0. The number of methoxy groups -OCH3 is 1. The number of ether oxygens (including phenoxy) is 1. The Labute approximate surface area is 188 Å². The quantitative estimate of drug-likeness (QED) is 0.620. The monoisotopic (exact) mass is 453 g/mol. The molecule has 0 radical (unpaired) electrons. The van der Waals surface area contributed by atoms with Crippen LogP contribution in [0.4, 0.5) is 5.69 Å². The zero-order valence-electron chi connectivity index (χ0n) is 18.2. The summed E-state index contributed by atoms with van der Waals surface area (Å²) in [5, 5.41) is 5.07. The lowest BCUT2D eigenvalue weighted by Crippen LogP contribution is -2.48. The molecule has 7 nitrogen and oxygen atoms in total. The summed E-state index contributed by atoms with van der Waals surface area (Å²) in [5.74, 6) is -0.00199. The first-order chi connectivity index (χ1) is 15.4. The molecule has 0 bridgehead atoms. The van der Waals surface area contributed by atoms with Crippen molar-refractivity contribution in [1.82, 2.24) is 9.21 Å². The van der Waals surface area contributed by atoms with E-state index in [2.05, 4.69) is 40.5 Å². The van der Waals surface area contributed by atoms with Crippen LogP contribution in [0.25, 0.3) is 10.8 Å². The zero-order valence-corrected chi connectivity index (χ0v) is 19.1. The van der Waals surface area contributed by atoms with Crippen molar-refractivity contribution < 1.29 is 17.9 Å². The predicted octanol–water partition coefficient (Wildman–Crippen LogP) is 3.31. The molecule has 8 heteroatoms. The highest BCUT2D eigenvalue weighted by Crippen LogP contribution is 2.30. The molecule has 1 aliphatic heterocycles. The Balaban J connectivity index is 1.49. The molecule has 32 heavy (non-hydrogen) atoms. The Bertz CT molecular complexity index is 1230. The van der Waals surface area contributed by atoms with Crippen LogP contribution < -0.4 is 10.1 Å². The van der Waals surface area contributed by atoms with Crippen LogP contribution in [0.5, 0.6) is 5.75 Å². The van der Waals surface area contributed by atoms with Crippen molar-refractivity contribution in [2.24, 2.45) is 0 Å². The van der Waals surface area contributed by atoms with Gasteiger partial charge in [0.05, 0.1) is 7.11 Å². The molecule has 0 saturated carbocycles. The molecule has 0 aliphatic carbocycles. The van der Waals surface area contributed by atoms with Gasteiger partial charge in [-0.25, -0.2) is 8.42 Å². The number of hydrogen-bond acceptors (Lipinski definition) is 5. The second-order valence-electron chi connectivity index (χ2n) is 7.87. The standard InChI is InChI=1S/C24H27N3O4S/c1-18(28)25-21-10-11-23(31-2)24(16-21)32(29,30)27-14-12-26(13-15-27)17-20-8-5-7-19-6-3-4-9-22(19)20/h3-11,16H,12-15,17H2,1-2H3,(H,25,28). The first-order valence-electron chi connectivity index (χ1n) is 10.5. The number of amides is 1. The molecule has 0 unspecified atom stereocenters.